The lowest BCUT2D eigenvalue weighted by Crippen LogP contribution is -2.55. The highest BCUT2D eigenvalue weighted by Gasteiger charge is 2.37. The summed E-state index contributed by atoms with van der Waals surface area (Å²) in [5.74, 6) is -1.68. The summed E-state index contributed by atoms with van der Waals surface area (Å²) in [5, 5.41) is 8.55. The van der Waals surface area contributed by atoms with Crippen molar-refractivity contribution >= 4 is 35.0 Å². The number of rotatable bonds is 9. The summed E-state index contributed by atoms with van der Waals surface area (Å²) in [6, 6.07) is 14.8. The maximum Gasteiger partial charge on any atom is 0.255 e. The molecular formula is C43H50F3N9O4. The Morgan fingerprint density at radius 2 is 1.63 bits per heavy atom. The number of likely N-dealkylation sites (tertiary alicyclic amines) is 1. The van der Waals surface area contributed by atoms with Crippen LogP contribution in [0.1, 0.15) is 64.2 Å². The van der Waals surface area contributed by atoms with Crippen molar-refractivity contribution in [2.45, 2.75) is 88.5 Å². The molecule has 2 aromatic carbocycles. The summed E-state index contributed by atoms with van der Waals surface area (Å²) in [6.45, 7) is 1.91. The van der Waals surface area contributed by atoms with Crippen LogP contribution in [-0.2, 0) is 14.4 Å². The molecule has 6 N–H and O–H groups in total. The van der Waals surface area contributed by atoms with Crippen LogP contribution >= 0.6 is 0 Å². The fourth-order valence-corrected chi connectivity index (χ4v) is 8.48. The van der Waals surface area contributed by atoms with Crippen LogP contribution in [0.3, 0.4) is 0 Å². The van der Waals surface area contributed by atoms with E-state index in [1.807, 2.05) is 6.07 Å². The average molecular weight is 814 g/mol. The number of halogens is 3. The van der Waals surface area contributed by atoms with E-state index in [-0.39, 0.29) is 48.0 Å². The van der Waals surface area contributed by atoms with Crippen LogP contribution in [0.5, 0.6) is 0 Å². The SMILES string of the molecule is NC(=O)C1CCN(C2CCN(c3ccc(NC4CCC(=O)NC4=O)cc3F)CC2F)CC1.O=c1[nH]cccc1-c1cccc(-c2nc(NC3CCCCC3)ncc2F)c1. The van der Waals surface area contributed by atoms with Gasteiger partial charge in [-0.1, -0.05) is 37.5 Å². The normalized spacial score (nSPS) is 21.9. The lowest BCUT2D eigenvalue weighted by atomic mass is 9.92. The van der Waals surface area contributed by atoms with Crippen LogP contribution in [-0.4, -0.2) is 88.0 Å². The maximum atomic E-state index is 15.0. The summed E-state index contributed by atoms with van der Waals surface area (Å²) in [7, 11) is 0. The minimum absolute atomic E-state index is 0.0945. The summed E-state index contributed by atoms with van der Waals surface area (Å²) in [5.41, 5.74) is 8.06. The van der Waals surface area contributed by atoms with Gasteiger partial charge in [0.2, 0.25) is 23.7 Å². The van der Waals surface area contributed by atoms with E-state index in [2.05, 4.69) is 35.8 Å². The number of carbonyl (C=O) groups is 3. The van der Waals surface area contributed by atoms with E-state index in [1.165, 1.54) is 31.5 Å². The fraction of sp³-hybridized carbons (Fsp3) is 0.442. The van der Waals surface area contributed by atoms with Gasteiger partial charge >= 0.3 is 0 Å². The highest BCUT2D eigenvalue weighted by Crippen LogP contribution is 2.31. The topological polar surface area (TPSA) is 178 Å². The van der Waals surface area contributed by atoms with Crippen molar-refractivity contribution in [2.24, 2.45) is 11.7 Å². The van der Waals surface area contributed by atoms with Crippen LogP contribution in [0.4, 0.5) is 30.5 Å². The molecule has 8 rings (SSSR count). The molecule has 13 nitrogen and oxygen atoms in total. The van der Waals surface area contributed by atoms with Gasteiger partial charge in [0.15, 0.2) is 5.82 Å². The van der Waals surface area contributed by atoms with Gasteiger partial charge in [0.1, 0.15) is 23.7 Å². The van der Waals surface area contributed by atoms with Gasteiger partial charge in [0, 0.05) is 54.0 Å². The zero-order valence-corrected chi connectivity index (χ0v) is 32.8. The second kappa shape index (κ2) is 18.9. The number of carbonyl (C=O) groups excluding carboxylic acids is 3. The number of hydrogen-bond donors (Lipinski definition) is 5. The molecule has 1 aliphatic carbocycles. The Labute approximate surface area is 340 Å². The molecule has 4 aliphatic rings. The molecule has 2 aromatic heterocycles. The number of hydrogen-bond acceptors (Lipinski definition) is 10. The number of nitrogens with two attached hydrogens (primary N) is 1. The first-order valence-corrected chi connectivity index (χ1v) is 20.4. The lowest BCUT2D eigenvalue weighted by molar-refractivity contribution is -0.133. The molecule has 312 valence electrons. The van der Waals surface area contributed by atoms with Crippen molar-refractivity contribution in [3.05, 3.63) is 89.0 Å². The Bertz CT molecular complexity index is 2190. The lowest BCUT2D eigenvalue weighted by Gasteiger charge is -2.43. The zero-order chi connectivity index (χ0) is 41.5. The van der Waals surface area contributed by atoms with Crippen molar-refractivity contribution in [3.8, 4) is 22.4 Å². The summed E-state index contributed by atoms with van der Waals surface area (Å²) in [4.78, 5) is 61.5. The van der Waals surface area contributed by atoms with Gasteiger partial charge in [-0.3, -0.25) is 29.4 Å². The second-order valence-corrected chi connectivity index (χ2v) is 15.7. The van der Waals surface area contributed by atoms with Gasteiger partial charge in [-0.15, -0.1) is 0 Å². The van der Waals surface area contributed by atoms with Crippen molar-refractivity contribution in [2.75, 3.05) is 41.7 Å². The summed E-state index contributed by atoms with van der Waals surface area (Å²) in [6.07, 6.45) is 9.93. The molecule has 16 heteroatoms. The number of primary amides is 1. The highest BCUT2D eigenvalue weighted by molar-refractivity contribution is 6.01. The second-order valence-electron chi connectivity index (χ2n) is 15.7. The Hall–Kier alpha value is -5.77. The number of pyridine rings is 1. The van der Waals surface area contributed by atoms with Crippen LogP contribution in [0.2, 0.25) is 0 Å². The number of nitrogens with zero attached hydrogens (tertiary/aromatic N) is 4. The first kappa shape index (κ1) is 41.4. The van der Waals surface area contributed by atoms with Gasteiger partial charge in [0.25, 0.3) is 5.56 Å². The Balaban J connectivity index is 0.000000181. The standard InChI is InChI=1S/C22H29F2N5O3.C21H21FN4O/c23-15-11-14(26-17-2-4-20(30)27-22(17)32)1-3-18(15)29-10-7-19(16(24)12-29)28-8-5-13(6-9-28)21(25)31;22-18-13-24-21(25-16-8-2-1-3-9-16)26-19(18)15-7-4-6-14(12-15)17-10-5-11-23-20(17)27/h1,3,11,13,16-17,19,26H,2,4-10,12H2,(H2,25,31)(H,27,30,32);4-7,10-13,16H,1-3,8-9H2,(H,23,27)(H,24,25,26). The number of piperidine rings is 3. The summed E-state index contributed by atoms with van der Waals surface area (Å²) >= 11 is 0. The van der Waals surface area contributed by atoms with Crippen molar-refractivity contribution in [1.82, 2.24) is 25.2 Å². The largest absolute Gasteiger partial charge is 0.374 e. The third kappa shape index (κ3) is 10.3. The first-order valence-electron chi connectivity index (χ1n) is 20.4. The molecule has 3 atom stereocenters. The molecule has 3 amide bonds. The third-order valence-corrected chi connectivity index (χ3v) is 11.7. The zero-order valence-electron chi connectivity index (χ0n) is 32.8. The van der Waals surface area contributed by atoms with Crippen LogP contribution in [0.15, 0.2) is 71.8 Å². The number of nitrogens with one attached hydrogen (secondary N) is 4. The Morgan fingerprint density at radius 3 is 2.34 bits per heavy atom. The van der Waals surface area contributed by atoms with Gasteiger partial charge in [0.05, 0.1) is 18.4 Å². The number of alkyl halides is 1. The Morgan fingerprint density at radius 1 is 0.847 bits per heavy atom. The third-order valence-electron chi connectivity index (χ3n) is 11.7. The van der Waals surface area contributed by atoms with Gasteiger partial charge in [-0.2, -0.15) is 0 Å². The van der Waals surface area contributed by atoms with Crippen molar-refractivity contribution < 1.29 is 27.6 Å². The van der Waals surface area contributed by atoms with Crippen LogP contribution in [0, 0.1) is 17.6 Å². The number of aromatic amines is 1. The van der Waals surface area contributed by atoms with E-state index >= 15 is 4.39 Å². The van der Waals surface area contributed by atoms with Gasteiger partial charge in [-0.05, 0) is 93.6 Å². The molecule has 5 heterocycles. The van der Waals surface area contributed by atoms with Crippen molar-refractivity contribution in [3.63, 3.8) is 0 Å². The number of anilines is 3. The van der Waals surface area contributed by atoms with E-state index in [9.17, 15) is 28.0 Å². The summed E-state index contributed by atoms with van der Waals surface area (Å²) < 4.78 is 44.3. The van der Waals surface area contributed by atoms with Crippen molar-refractivity contribution in [1.29, 1.82) is 0 Å². The number of amides is 3. The minimum atomic E-state index is -1.13. The van der Waals surface area contributed by atoms with Gasteiger partial charge < -0.3 is 26.3 Å². The molecule has 3 unspecified atom stereocenters. The fourth-order valence-electron chi connectivity index (χ4n) is 8.48. The molecule has 0 bridgehead atoms. The van der Waals surface area contributed by atoms with Gasteiger partial charge in [-0.25, -0.2) is 23.1 Å². The molecule has 3 aliphatic heterocycles. The number of benzene rings is 2. The molecule has 59 heavy (non-hydrogen) atoms. The maximum absolute atomic E-state index is 15.0. The van der Waals surface area contributed by atoms with E-state index < -0.39 is 29.8 Å². The highest BCUT2D eigenvalue weighted by atomic mass is 19.1. The molecule has 1 saturated carbocycles. The van der Waals surface area contributed by atoms with Crippen LogP contribution in [0.25, 0.3) is 22.4 Å². The molecule has 4 aromatic rings. The molecular weight excluding hydrogens is 764 g/mol. The molecule has 4 fully saturated rings. The average Bonchev–Trinajstić information content (AvgIpc) is 3.23. The number of imide groups is 1. The first-order chi connectivity index (χ1) is 28.5. The smallest absolute Gasteiger partial charge is 0.255 e. The quantitative estimate of drug-likeness (QED) is 0.135. The number of H-pyrrole nitrogens is 1. The predicted octanol–water partition coefficient (Wildman–Crippen LogP) is 5.54. The molecule has 0 spiro atoms. The van der Waals surface area contributed by atoms with E-state index in [1.54, 1.807) is 53.6 Å². The van der Waals surface area contributed by atoms with E-state index in [4.69, 9.17) is 5.73 Å². The molecule has 3 saturated heterocycles. The predicted molar refractivity (Wildman–Crippen MR) is 219 cm³/mol. The monoisotopic (exact) mass is 813 g/mol. The number of aromatic nitrogens is 3. The Kier molecular flexibility index (Phi) is 13.2. The molecule has 0 radical (unpaired) electrons. The van der Waals surface area contributed by atoms with Crippen LogP contribution < -0.4 is 32.1 Å². The minimum Gasteiger partial charge on any atom is -0.374 e. The van der Waals surface area contributed by atoms with E-state index in [0.29, 0.717) is 85.4 Å². The van der Waals surface area contributed by atoms with E-state index in [0.717, 1.165) is 12.8 Å².